The first kappa shape index (κ1) is 31.5. The Balaban J connectivity index is 1.05. The van der Waals surface area contributed by atoms with E-state index in [9.17, 15) is 0 Å². The molecule has 0 unspecified atom stereocenters. The number of amidine groups is 1. The van der Waals surface area contributed by atoms with Crippen LogP contribution in [0, 0.1) is 10.8 Å². The summed E-state index contributed by atoms with van der Waals surface area (Å²) >= 11 is 0. The minimum Gasteiger partial charge on any atom is -0.489 e. The minimum absolute atomic E-state index is 0.0580. The topological polar surface area (TPSA) is 116 Å². The zero-order valence-electron chi connectivity index (χ0n) is 25.0. The van der Waals surface area contributed by atoms with Crippen LogP contribution in [-0.2, 0) is 26.3 Å². The SMILES string of the molecule is CC(=N)c1ccc(OCc2cccc(CNCCCCCNCc3cccc(COc4ccc(C(=N)N)cc4)c3)c2)cc1. The van der Waals surface area contributed by atoms with E-state index in [1.54, 1.807) is 19.1 Å². The van der Waals surface area contributed by atoms with Crippen molar-refractivity contribution in [2.45, 2.75) is 52.5 Å². The number of ether oxygens (including phenoxy) is 2. The highest BCUT2D eigenvalue weighted by Gasteiger charge is 2.02. The summed E-state index contributed by atoms with van der Waals surface area (Å²) in [5.74, 6) is 1.64. The lowest BCUT2D eigenvalue weighted by molar-refractivity contribution is 0.306. The van der Waals surface area contributed by atoms with E-state index in [0.29, 0.717) is 24.5 Å². The van der Waals surface area contributed by atoms with Gasteiger partial charge < -0.3 is 31.3 Å². The van der Waals surface area contributed by atoms with E-state index in [4.69, 9.17) is 26.0 Å². The first-order valence-electron chi connectivity index (χ1n) is 14.9. The van der Waals surface area contributed by atoms with Gasteiger partial charge in [-0.15, -0.1) is 0 Å². The molecule has 4 aromatic rings. The molecule has 0 heterocycles. The van der Waals surface area contributed by atoms with E-state index < -0.39 is 0 Å². The molecule has 0 fully saturated rings. The molecule has 7 heteroatoms. The van der Waals surface area contributed by atoms with Gasteiger partial charge in [-0.3, -0.25) is 5.41 Å². The second-order valence-electron chi connectivity index (χ2n) is 10.7. The van der Waals surface area contributed by atoms with Crippen LogP contribution >= 0.6 is 0 Å². The van der Waals surface area contributed by atoms with Crippen molar-refractivity contribution in [2.75, 3.05) is 13.1 Å². The number of nitrogens with two attached hydrogens (primary N) is 1. The number of hydrogen-bond donors (Lipinski definition) is 5. The fraction of sp³-hybridized carbons (Fsp3) is 0.278. The zero-order valence-corrected chi connectivity index (χ0v) is 25.0. The maximum atomic E-state index is 7.70. The highest BCUT2D eigenvalue weighted by atomic mass is 16.5. The predicted octanol–water partition coefficient (Wildman–Crippen LogP) is 6.57. The van der Waals surface area contributed by atoms with Crippen molar-refractivity contribution in [1.29, 1.82) is 10.8 Å². The summed E-state index contributed by atoms with van der Waals surface area (Å²) in [7, 11) is 0. The molecule has 0 bridgehead atoms. The Bertz CT molecular complexity index is 1340. The van der Waals surface area contributed by atoms with Gasteiger partial charge in [-0.25, -0.2) is 0 Å². The Morgan fingerprint density at radius 3 is 1.49 bits per heavy atom. The largest absolute Gasteiger partial charge is 0.489 e. The molecular weight excluding hydrogens is 534 g/mol. The summed E-state index contributed by atoms with van der Waals surface area (Å²) in [6, 6.07) is 32.0. The third kappa shape index (κ3) is 11.0. The van der Waals surface area contributed by atoms with Gasteiger partial charge in [0, 0.05) is 24.4 Å². The van der Waals surface area contributed by atoms with Crippen LogP contribution in [0.25, 0.3) is 0 Å². The van der Waals surface area contributed by atoms with Crippen LogP contribution in [0.3, 0.4) is 0 Å². The molecule has 0 saturated carbocycles. The summed E-state index contributed by atoms with van der Waals surface area (Å²) in [5.41, 5.74) is 12.5. The number of benzene rings is 4. The van der Waals surface area contributed by atoms with E-state index >= 15 is 0 Å². The van der Waals surface area contributed by atoms with E-state index in [2.05, 4.69) is 59.2 Å². The molecule has 0 aliphatic heterocycles. The number of nitrogens with one attached hydrogen (secondary N) is 4. The molecule has 4 rings (SSSR count). The molecule has 0 spiro atoms. The van der Waals surface area contributed by atoms with Crippen molar-refractivity contribution in [1.82, 2.24) is 10.6 Å². The average Bonchev–Trinajstić information content (AvgIpc) is 3.03. The monoisotopic (exact) mass is 577 g/mol. The van der Waals surface area contributed by atoms with Gasteiger partial charge in [0.25, 0.3) is 0 Å². The summed E-state index contributed by atoms with van der Waals surface area (Å²) in [5, 5.41) is 22.3. The number of hydrogen-bond acceptors (Lipinski definition) is 6. The lowest BCUT2D eigenvalue weighted by Crippen LogP contribution is -2.17. The second kappa shape index (κ2) is 16.9. The van der Waals surface area contributed by atoms with Gasteiger partial charge in [-0.1, -0.05) is 55.0 Å². The van der Waals surface area contributed by atoms with Crippen LogP contribution in [0.4, 0.5) is 0 Å². The standard InChI is InChI=1S/C36H43N5O2/c1-27(37)32-11-15-34(16-12-32)42-25-30-9-5-7-28(21-30)23-40-19-3-2-4-20-41-24-29-8-6-10-31(22-29)26-43-35-17-13-33(14-18-35)36(38)39/h5-18,21-22,37,40-41H,2-4,19-20,23-26H2,1H3,(H3,38,39). The fourth-order valence-corrected chi connectivity index (χ4v) is 4.67. The number of rotatable bonds is 18. The molecular formula is C36H43N5O2. The van der Waals surface area contributed by atoms with E-state index in [0.717, 1.165) is 67.2 Å². The Morgan fingerprint density at radius 2 is 1.05 bits per heavy atom. The molecule has 0 radical (unpaired) electrons. The third-order valence-electron chi connectivity index (χ3n) is 7.11. The van der Waals surface area contributed by atoms with Crippen molar-refractivity contribution < 1.29 is 9.47 Å². The van der Waals surface area contributed by atoms with E-state index in [-0.39, 0.29) is 5.84 Å². The summed E-state index contributed by atoms with van der Waals surface area (Å²) in [6.07, 6.45) is 3.48. The van der Waals surface area contributed by atoms with Crippen molar-refractivity contribution >= 4 is 11.5 Å². The molecule has 0 aliphatic rings. The highest BCUT2D eigenvalue weighted by Crippen LogP contribution is 2.16. The molecule has 0 aliphatic carbocycles. The van der Waals surface area contributed by atoms with Crippen molar-refractivity contribution in [2.24, 2.45) is 5.73 Å². The molecule has 6 N–H and O–H groups in total. The highest BCUT2D eigenvalue weighted by molar-refractivity contribution is 5.96. The van der Waals surface area contributed by atoms with Gasteiger partial charge in [0.15, 0.2) is 0 Å². The minimum atomic E-state index is 0.0580. The Morgan fingerprint density at radius 1 is 0.605 bits per heavy atom. The van der Waals surface area contributed by atoms with Crippen LogP contribution in [0.1, 0.15) is 59.6 Å². The molecule has 4 aromatic carbocycles. The van der Waals surface area contributed by atoms with Crippen molar-refractivity contribution in [3.63, 3.8) is 0 Å². The van der Waals surface area contributed by atoms with Gasteiger partial charge in [0.05, 0.1) is 0 Å². The van der Waals surface area contributed by atoms with Gasteiger partial charge in [0.2, 0.25) is 0 Å². The Kier molecular flexibility index (Phi) is 12.3. The molecule has 0 saturated heterocycles. The normalized spacial score (nSPS) is 10.8. The van der Waals surface area contributed by atoms with Crippen LogP contribution < -0.4 is 25.8 Å². The molecule has 0 atom stereocenters. The van der Waals surface area contributed by atoms with Crippen LogP contribution in [0.2, 0.25) is 0 Å². The van der Waals surface area contributed by atoms with Crippen molar-refractivity contribution in [3.8, 4) is 11.5 Å². The van der Waals surface area contributed by atoms with E-state index in [1.165, 1.54) is 17.5 Å². The Labute approximate surface area is 255 Å². The van der Waals surface area contributed by atoms with E-state index in [1.807, 2.05) is 36.4 Å². The van der Waals surface area contributed by atoms with Crippen LogP contribution in [0.5, 0.6) is 11.5 Å². The maximum Gasteiger partial charge on any atom is 0.122 e. The van der Waals surface area contributed by atoms with Gasteiger partial charge in [-0.05, 0) is 109 Å². The molecule has 43 heavy (non-hydrogen) atoms. The van der Waals surface area contributed by atoms with Gasteiger partial charge in [0.1, 0.15) is 30.5 Å². The fourth-order valence-electron chi connectivity index (χ4n) is 4.67. The number of nitrogen functional groups attached to an aromatic ring is 1. The zero-order chi connectivity index (χ0) is 30.3. The Hall–Kier alpha value is -4.46. The quantitative estimate of drug-likeness (QED) is 0.0521. The van der Waals surface area contributed by atoms with Crippen LogP contribution in [0.15, 0.2) is 97.1 Å². The first-order valence-corrected chi connectivity index (χ1v) is 14.9. The predicted molar refractivity (Wildman–Crippen MR) is 175 cm³/mol. The number of unbranched alkanes of at least 4 members (excludes halogenated alkanes) is 2. The second-order valence-corrected chi connectivity index (χ2v) is 10.7. The summed E-state index contributed by atoms with van der Waals surface area (Å²) < 4.78 is 11.8. The third-order valence-corrected chi connectivity index (χ3v) is 7.11. The summed E-state index contributed by atoms with van der Waals surface area (Å²) in [4.78, 5) is 0. The first-order chi connectivity index (χ1) is 21.0. The van der Waals surface area contributed by atoms with Crippen molar-refractivity contribution in [3.05, 3.63) is 130 Å². The molecule has 7 nitrogen and oxygen atoms in total. The maximum absolute atomic E-state index is 7.70. The lowest BCUT2D eigenvalue weighted by Gasteiger charge is -2.10. The molecule has 0 aromatic heterocycles. The smallest absolute Gasteiger partial charge is 0.122 e. The lowest BCUT2D eigenvalue weighted by atomic mass is 10.1. The van der Waals surface area contributed by atoms with Gasteiger partial charge in [-0.2, -0.15) is 0 Å². The average molecular weight is 578 g/mol. The summed E-state index contributed by atoms with van der Waals surface area (Å²) in [6.45, 7) is 6.50. The van der Waals surface area contributed by atoms with Gasteiger partial charge >= 0.3 is 0 Å². The molecule has 224 valence electrons. The van der Waals surface area contributed by atoms with Crippen LogP contribution in [-0.4, -0.2) is 24.6 Å². The molecule has 0 amide bonds.